The normalized spacial score (nSPS) is 15.8. The molecule has 0 aliphatic carbocycles. The first-order chi connectivity index (χ1) is 14.8. The molecular formula is C19H14F3N5O4. The summed E-state index contributed by atoms with van der Waals surface area (Å²) in [6.45, 7) is -0.403. The van der Waals surface area contributed by atoms with Crippen LogP contribution in [0.2, 0.25) is 0 Å². The Morgan fingerprint density at radius 2 is 1.97 bits per heavy atom. The number of hydrogen-bond acceptors (Lipinski definition) is 6. The summed E-state index contributed by atoms with van der Waals surface area (Å²) in [5, 5.41) is 5.89. The van der Waals surface area contributed by atoms with Gasteiger partial charge in [-0.25, -0.2) is 22.8 Å². The Morgan fingerprint density at radius 1 is 1.23 bits per heavy atom. The van der Waals surface area contributed by atoms with E-state index in [2.05, 4.69) is 15.5 Å². The van der Waals surface area contributed by atoms with Crippen molar-refractivity contribution < 1.29 is 32.0 Å². The first-order valence-corrected chi connectivity index (χ1v) is 8.93. The Kier molecular flexibility index (Phi) is 5.19. The molecule has 4 rings (SSSR count). The number of rotatable bonds is 5. The Balaban J connectivity index is 1.64. The lowest BCUT2D eigenvalue weighted by Gasteiger charge is -2.15. The SMILES string of the molecule is NC(=O)NCC1CN(c2cc(F)c(-c3nc(-c4ccccc4)no3)c(F)c2F)C(=O)O1. The van der Waals surface area contributed by atoms with Crippen molar-refractivity contribution in [3.05, 3.63) is 53.8 Å². The molecule has 2 aromatic carbocycles. The van der Waals surface area contributed by atoms with E-state index in [9.17, 15) is 22.8 Å². The van der Waals surface area contributed by atoms with Crippen molar-refractivity contribution in [2.24, 2.45) is 5.73 Å². The summed E-state index contributed by atoms with van der Waals surface area (Å²) in [6, 6.07) is 8.28. The van der Waals surface area contributed by atoms with Crippen LogP contribution >= 0.6 is 0 Å². The van der Waals surface area contributed by atoms with Gasteiger partial charge in [-0.05, 0) is 0 Å². The third-order valence-corrected chi connectivity index (χ3v) is 4.48. The monoisotopic (exact) mass is 433 g/mol. The molecule has 3 N–H and O–H groups in total. The van der Waals surface area contributed by atoms with Crippen LogP contribution in [0.1, 0.15) is 0 Å². The molecule has 3 amide bonds. The van der Waals surface area contributed by atoms with Gasteiger partial charge < -0.3 is 20.3 Å². The van der Waals surface area contributed by atoms with Gasteiger partial charge in [-0.3, -0.25) is 4.90 Å². The highest BCUT2D eigenvalue weighted by Gasteiger charge is 2.36. The van der Waals surface area contributed by atoms with Gasteiger partial charge in [0.2, 0.25) is 5.82 Å². The first-order valence-electron chi connectivity index (χ1n) is 8.93. The van der Waals surface area contributed by atoms with Crippen LogP contribution in [0.25, 0.3) is 22.8 Å². The molecule has 9 nitrogen and oxygen atoms in total. The number of aromatic nitrogens is 2. The maximum Gasteiger partial charge on any atom is 0.414 e. The number of cyclic esters (lactones) is 1. The fourth-order valence-corrected chi connectivity index (χ4v) is 3.04. The van der Waals surface area contributed by atoms with E-state index >= 15 is 0 Å². The number of anilines is 1. The van der Waals surface area contributed by atoms with E-state index < -0.39 is 52.8 Å². The first kappa shape index (κ1) is 20.2. The average molecular weight is 433 g/mol. The smallest absolute Gasteiger partial charge is 0.414 e. The molecule has 1 aliphatic rings. The summed E-state index contributed by atoms with van der Waals surface area (Å²) in [5.41, 5.74) is 3.94. The topological polar surface area (TPSA) is 124 Å². The fourth-order valence-electron chi connectivity index (χ4n) is 3.04. The van der Waals surface area contributed by atoms with Crippen molar-refractivity contribution in [1.29, 1.82) is 0 Å². The molecule has 0 saturated carbocycles. The summed E-state index contributed by atoms with van der Waals surface area (Å²) >= 11 is 0. The number of hydrogen-bond donors (Lipinski definition) is 2. The minimum Gasteiger partial charge on any atom is -0.442 e. The van der Waals surface area contributed by atoms with E-state index in [1.807, 2.05) is 0 Å². The van der Waals surface area contributed by atoms with Crippen molar-refractivity contribution in [1.82, 2.24) is 15.5 Å². The second kappa shape index (κ2) is 7.97. The molecule has 1 fully saturated rings. The van der Waals surface area contributed by atoms with Gasteiger partial charge in [-0.1, -0.05) is 35.5 Å². The van der Waals surface area contributed by atoms with Gasteiger partial charge in [0.15, 0.2) is 11.6 Å². The predicted molar refractivity (Wildman–Crippen MR) is 100 cm³/mol. The zero-order valence-corrected chi connectivity index (χ0v) is 15.6. The predicted octanol–water partition coefficient (Wildman–Crippen LogP) is 2.81. The maximum atomic E-state index is 14.8. The third-order valence-electron chi connectivity index (χ3n) is 4.48. The highest BCUT2D eigenvalue weighted by atomic mass is 19.2. The minimum atomic E-state index is -1.61. The summed E-state index contributed by atoms with van der Waals surface area (Å²) in [7, 11) is 0. The van der Waals surface area contributed by atoms with Gasteiger partial charge in [0, 0.05) is 11.6 Å². The van der Waals surface area contributed by atoms with E-state index in [1.54, 1.807) is 30.3 Å². The van der Waals surface area contributed by atoms with Gasteiger partial charge in [0.1, 0.15) is 17.5 Å². The number of halogens is 3. The van der Waals surface area contributed by atoms with Crippen LogP contribution in [-0.2, 0) is 4.74 Å². The van der Waals surface area contributed by atoms with Crippen LogP contribution in [-0.4, -0.2) is 41.5 Å². The molecule has 1 unspecified atom stereocenters. The number of amides is 3. The molecule has 31 heavy (non-hydrogen) atoms. The van der Waals surface area contributed by atoms with Crippen LogP contribution in [0.15, 0.2) is 40.9 Å². The number of ether oxygens (including phenoxy) is 1. The number of urea groups is 1. The Morgan fingerprint density at radius 3 is 2.68 bits per heavy atom. The van der Waals surface area contributed by atoms with Gasteiger partial charge in [0.25, 0.3) is 5.89 Å². The number of primary amides is 1. The molecule has 160 valence electrons. The van der Waals surface area contributed by atoms with E-state index in [-0.39, 0.29) is 18.9 Å². The molecule has 0 spiro atoms. The number of nitrogens with two attached hydrogens (primary N) is 1. The average Bonchev–Trinajstić information content (AvgIpc) is 3.37. The molecule has 0 radical (unpaired) electrons. The van der Waals surface area contributed by atoms with E-state index in [0.29, 0.717) is 16.5 Å². The number of nitrogens with zero attached hydrogens (tertiary/aromatic N) is 3. The molecule has 1 aliphatic heterocycles. The quantitative estimate of drug-likeness (QED) is 0.597. The number of benzene rings is 2. The fraction of sp³-hybridized carbons (Fsp3) is 0.158. The van der Waals surface area contributed by atoms with Crippen molar-refractivity contribution in [2.75, 3.05) is 18.0 Å². The highest BCUT2D eigenvalue weighted by Crippen LogP contribution is 2.35. The third kappa shape index (κ3) is 3.86. The number of carbonyl (C=O) groups excluding carboxylic acids is 2. The zero-order chi connectivity index (χ0) is 22.1. The summed E-state index contributed by atoms with van der Waals surface area (Å²) in [4.78, 5) is 27.4. The largest absolute Gasteiger partial charge is 0.442 e. The summed E-state index contributed by atoms with van der Waals surface area (Å²) in [6.07, 6.45) is -1.92. The lowest BCUT2D eigenvalue weighted by molar-refractivity contribution is 0.141. The molecule has 1 atom stereocenters. The maximum absolute atomic E-state index is 14.8. The van der Waals surface area contributed by atoms with Gasteiger partial charge in [-0.2, -0.15) is 4.98 Å². The van der Waals surface area contributed by atoms with Crippen molar-refractivity contribution in [3.8, 4) is 22.8 Å². The molecule has 3 aromatic rings. The molecule has 2 heterocycles. The summed E-state index contributed by atoms with van der Waals surface area (Å²) < 4.78 is 54.1. The van der Waals surface area contributed by atoms with Crippen molar-refractivity contribution in [3.63, 3.8) is 0 Å². The van der Waals surface area contributed by atoms with Gasteiger partial charge in [0.05, 0.1) is 18.8 Å². The van der Waals surface area contributed by atoms with Crippen LogP contribution < -0.4 is 16.0 Å². The Hall–Kier alpha value is -4.09. The second-order valence-corrected chi connectivity index (χ2v) is 6.53. The standard InChI is InChI=1S/C19H14F3N5O4/c20-11-6-12(27-8-10(30-19(27)29)7-24-18(23)28)14(21)15(22)13(11)17-25-16(26-31-17)9-4-2-1-3-5-9/h1-6,10H,7-8H2,(H3,23,24,28). The van der Waals surface area contributed by atoms with Crippen LogP contribution in [0.4, 0.5) is 28.4 Å². The molecule has 0 bridgehead atoms. The second-order valence-electron chi connectivity index (χ2n) is 6.53. The van der Waals surface area contributed by atoms with Crippen molar-refractivity contribution >= 4 is 17.8 Å². The van der Waals surface area contributed by atoms with Crippen LogP contribution in [0.5, 0.6) is 0 Å². The molecule has 12 heteroatoms. The molecular weight excluding hydrogens is 419 g/mol. The number of nitrogens with one attached hydrogen (secondary N) is 1. The Bertz CT molecular complexity index is 1150. The minimum absolute atomic E-state index is 0.0619. The summed E-state index contributed by atoms with van der Waals surface area (Å²) in [5.74, 6) is -4.83. The van der Waals surface area contributed by atoms with Crippen LogP contribution in [0.3, 0.4) is 0 Å². The van der Waals surface area contributed by atoms with E-state index in [0.717, 1.165) is 0 Å². The molecule has 1 saturated heterocycles. The lowest BCUT2D eigenvalue weighted by Crippen LogP contribution is -2.37. The van der Waals surface area contributed by atoms with Crippen LogP contribution in [0, 0.1) is 17.5 Å². The van der Waals surface area contributed by atoms with Gasteiger partial charge >= 0.3 is 12.1 Å². The number of carbonyl (C=O) groups is 2. The van der Waals surface area contributed by atoms with E-state index in [1.165, 1.54) is 0 Å². The van der Waals surface area contributed by atoms with E-state index in [4.69, 9.17) is 15.0 Å². The zero-order valence-electron chi connectivity index (χ0n) is 15.6. The molecule has 1 aromatic heterocycles. The highest BCUT2D eigenvalue weighted by molar-refractivity contribution is 5.90. The lowest BCUT2D eigenvalue weighted by atomic mass is 10.1. The Labute approximate surface area is 172 Å². The van der Waals surface area contributed by atoms with Gasteiger partial charge in [-0.15, -0.1) is 0 Å². The van der Waals surface area contributed by atoms with Crippen molar-refractivity contribution in [2.45, 2.75) is 6.10 Å².